The lowest BCUT2D eigenvalue weighted by Gasteiger charge is -2.32. The third-order valence-electron chi connectivity index (χ3n) is 8.19. The summed E-state index contributed by atoms with van der Waals surface area (Å²) in [6.45, 7) is 5.04. The van der Waals surface area contributed by atoms with Gasteiger partial charge in [-0.25, -0.2) is 4.39 Å². The molecule has 0 saturated carbocycles. The molecule has 2 aliphatic rings. The van der Waals surface area contributed by atoms with Gasteiger partial charge < -0.3 is 24.8 Å². The number of halogens is 1. The molecule has 0 aromatic heterocycles. The van der Waals surface area contributed by atoms with E-state index >= 15 is 4.39 Å². The number of benzene rings is 3. The molecule has 1 saturated heterocycles. The summed E-state index contributed by atoms with van der Waals surface area (Å²) in [6, 6.07) is 21.7. The molecule has 0 aliphatic carbocycles. The zero-order valence-electron chi connectivity index (χ0n) is 23.2. The standard InChI is InChI=1S/C32H35FN2O5/c1-20-28(31(2,3)33)27(17-18-36)40-32(20)25-7-5-6-8-26(25)35(30(32)38)19-21-9-13-23(14-10-21)34-29(37)22-11-15-24(39-4)16-12-22/h5-16,20,27-28,36H,17-19H2,1-4H3,(H,34,37)/t20-,27+,28-,32+/m0/s1. The van der Waals surface area contributed by atoms with Crippen LogP contribution in [-0.4, -0.2) is 42.4 Å². The minimum Gasteiger partial charge on any atom is -0.497 e. The molecule has 1 spiro atoms. The van der Waals surface area contributed by atoms with Crippen molar-refractivity contribution in [1.29, 1.82) is 0 Å². The summed E-state index contributed by atoms with van der Waals surface area (Å²) in [7, 11) is 1.57. The molecular weight excluding hydrogens is 511 g/mol. The second-order valence-electron chi connectivity index (χ2n) is 11.1. The molecule has 0 radical (unpaired) electrons. The maximum Gasteiger partial charge on any atom is 0.264 e. The maximum absolute atomic E-state index is 15.5. The molecule has 8 heteroatoms. The summed E-state index contributed by atoms with van der Waals surface area (Å²) in [5.41, 5.74) is 0.537. The van der Waals surface area contributed by atoms with Crippen LogP contribution >= 0.6 is 0 Å². The highest BCUT2D eigenvalue weighted by molar-refractivity contribution is 6.07. The Morgan fingerprint density at radius 3 is 2.40 bits per heavy atom. The van der Waals surface area contributed by atoms with Crippen LogP contribution in [0.15, 0.2) is 72.8 Å². The van der Waals surface area contributed by atoms with Crippen molar-refractivity contribution in [2.24, 2.45) is 11.8 Å². The Hall–Kier alpha value is -3.75. The third-order valence-corrected chi connectivity index (χ3v) is 8.19. The number of nitrogens with one attached hydrogen (secondary N) is 1. The minimum absolute atomic E-state index is 0.152. The van der Waals surface area contributed by atoms with Gasteiger partial charge in [0.25, 0.3) is 11.8 Å². The number of anilines is 2. The summed E-state index contributed by atoms with van der Waals surface area (Å²) < 4.78 is 27.1. The van der Waals surface area contributed by atoms with Gasteiger partial charge in [0.2, 0.25) is 0 Å². The van der Waals surface area contributed by atoms with Gasteiger partial charge in [-0.05, 0) is 68.3 Å². The first kappa shape index (κ1) is 27.8. The summed E-state index contributed by atoms with van der Waals surface area (Å²) in [5, 5.41) is 12.6. The van der Waals surface area contributed by atoms with E-state index in [0.717, 1.165) is 16.8 Å². The number of aliphatic hydroxyl groups is 1. The molecule has 1 fully saturated rings. The highest BCUT2D eigenvalue weighted by Crippen LogP contribution is 2.58. The Balaban J connectivity index is 1.38. The van der Waals surface area contributed by atoms with Gasteiger partial charge in [-0.3, -0.25) is 9.59 Å². The van der Waals surface area contributed by atoms with Crippen molar-refractivity contribution >= 4 is 23.2 Å². The summed E-state index contributed by atoms with van der Waals surface area (Å²) in [6.07, 6.45) is -0.339. The van der Waals surface area contributed by atoms with E-state index in [0.29, 0.717) is 17.0 Å². The Morgan fingerprint density at radius 1 is 1.10 bits per heavy atom. The maximum atomic E-state index is 15.5. The lowest BCUT2D eigenvalue weighted by Crippen LogP contribution is -2.45. The van der Waals surface area contributed by atoms with Crippen molar-refractivity contribution in [2.75, 3.05) is 23.9 Å². The van der Waals surface area contributed by atoms with E-state index in [2.05, 4.69) is 5.32 Å². The normalized spacial score (nSPS) is 23.9. The highest BCUT2D eigenvalue weighted by Gasteiger charge is 2.65. The van der Waals surface area contributed by atoms with Crippen LogP contribution in [0.25, 0.3) is 0 Å². The van der Waals surface area contributed by atoms with Gasteiger partial charge in [0.05, 0.1) is 25.4 Å². The van der Waals surface area contributed by atoms with Crippen LogP contribution in [-0.2, 0) is 21.7 Å². The fourth-order valence-electron chi connectivity index (χ4n) is 6.38. The Bertz CT molecular complexity index is 1390. The van der Waals surface area contributed by atoms with Crippen molar-refractivity contribution in [3.63, 3.8) is 0 Å². The molecule has 5 rings (SSSR count). The number of rotatable bonds is 8. The van der Waals surface area contributed by atoms with Gasteiger partial charge >= 0.3 is 0 Å². The highest BCUT2D eigenvalue weighted by atomic mass is 19.1. The lowest BCUT2D eigenvalue weighted by molar-refractivity contribution is -0.146. The van der Waals surface area contributed by atoms with Crippen molar-refractivity contribution in [3.05, 3.63) is 89.5 Å². The number of nitrogens with zero attached hydrogens (tertiary/aromatic N) is 1. The first-order chi connectivity index (χ1) is 19.1. The third kappa shape index (κ3) is 4.75. The number of para-hydroxylation sites is 1. The number of fused-ring (bicyclic) bond motifs is 2. The van der Waals surface area contributed by atoms with E-state index < -0.39 is 29.2 Å². The zero-order valence-corrected chi connectivity index (χ0v) is 23.2. The molecule has 2 aliphatic heterocycles. The molecule has 4 atom stereocenters. The molecule has 210 valence electrons. The first-order valence-corrected chi connectivity index (χ1v) is 13.5. The smallest absolute Gasteiger partial charge is 0.264 e. The SMILES string of the molecule is COc1ccc(C(=O)Nc2ccc(CN3C(=O)[C@]4(O[C@H](CCO)[C@@H](C(C)(C)F)[C@@H]4C)c4ccccc43)cc2)cc1. The van der Waals surface area contributed by atoms with Crippen molar-refractivity contribution in [3.8, 4) is 5.75 Å². The van der Waals surface area contributed by atoms with Gasteiger partial charge in [-0.15, -0.1) is 0 Å². The average Bonchev–Trinajstić information content (AvgIpc) is 3.36. The largest absolute Gasteiger partial charge is 0.497 e. The summed E-state index contributed by atoms with van der Waals surface area (Å²) in [5.74, 6) is -0.807. The van der Waals surface area contributed by atoms with E-state index in [4.69, 9.17) is 9.47 Å². The number of alkyl halides is 1. The number of hydrogen-bond acceptors (Lipinski definition) is 5. The number of hydrogen-bond donors (Lipinski definition) is 2. The number of carbonyl (C=O) groups is 2. The minimum atomic E-state index is -1.60. The monoisotopic (exact) mass is 546 g/mol. The lowest BCUT2D eigenvalue weighted by atomic mass is 9.71. The Kier molecular flexibility index (Phi) is 7.42. The average molecular weight is 547 g/mol. The molecular formula is C32H35FN2O5. The Morgan fingerprint density at radius 2 is 1.77 bits per heavy atom. The summed E-state index contributed by atoms with van der Waals surface area (Å²) in [4.78, 5) is 28.5. The number of amides is 2. The second kappa shape index (κ2) is 10.7. The van der Waals surface area contributed by atoms with Crippen molar-refractivity contribution in [2.45, 2.75) is 51.1 Å². The van der Waals surface area contributed by atoms with E-state index in [1.807, 2.05) is 43.3 Å². The first-order valence-electron chi connectivity index (χ1n) is 13.5. The second-order valence-corrected chi connectivity index (χ2v) is 11.1. The molecule has 0 unspecified atom stereocenters. The Labute approximate surface area is 233 Å². The van der Waals surface area contributed by atoms with E-state index in [1.165, 1.54) is 13.8 Å². The zero-order chi connectivity index (χ0) is 28.7. The van der Waals surface area contributed by atoms with Gasteiger partial charge in [0.15, 0.2) is 5.60 Å². The quantitative estimate of drug-likeness (QED) is 0.391. The topological polar surface area (TPSA) is 88.1 Å². The van der Waals surface area contributed by atoms with Crippen LogP contribution in [0.2, 0.25) is 0 Å². The summed E-state index contributed by atoms with van der Waals surface area (Å²) >= 11 is 0. The molecule has 40 heavy (non-hydrogen) atoms. The molecule has 3 aromatic carbocycles. The number of carbonyl (C=O) groups excluding carboxylic acids is 2. The van der Waals surface area contributed by atoms with Gasteiger partial charge in [0, 0.05) is 35.3 Å². The molecule has 0 bridgehead atoms. The van der Waals surface area contributed by atoms with Crippen LogP contribution in [0, 0.1) is 11.8 Å². The molecule has 2 N–H and O–H groups in total. The molecule has 2 heterocycles. The van der Waals surface area contributed by atoms with Gasteiger partial charge in [-0.1, -0.05) is 37.3 Å². The number of ether oxygens (including phenoxy) is 2. The van der Waals surface area contributed by atoms with Crippen LogP contribution in [0.1, 0.15) is 48.7 Å². The fraction of sp³-hybridized carbons (Fsp3) is 0.375. The predicted molar refractivity (Wildman–Crippen MR) is 151 cm³/mol. The van der Waals surface area contributed by atoms with Crippen LogP contribution < -0.4 is 15.0 Å². The van der Waals surface area contributed by atoms with Crippen molar-refractivity contribution < 1.29 is 28.6 Å². The van der Waals surface area contributed by atoms with E-state index in [1.54, 1.807) is 48.4 Å². The van der Waals surface area contributed by atoms with Gasteiger partial charge in [0.1, 0.15) is 11.4 Å². The number of methoxy groups -OCH3 is 1. The van der Waals surface area contributed by atoms with E-state index in [9.17, 15) is 14.7 Å². The van der Waals surface area contributed by atoms with E-state index in [-0.39, 0.29) is 31.4 Å². The molecule has 7 nitrogen and oxygen atoms in total. The predicted octanol–water partition coefficient (Wildman–Crippen LogP) is 5.47. The van der Waals surface area contributed by atoms with Crippen LogP contribution in [0.5, 0.6) is 5.75 Å². The van der Waals surface area contributed by atoms with Gasteiger partial charge in [-0.2, -0.15) is 0 Å². The van der Waals surface area contributed by atoms with Crippen LogP contribution in [0.4, 0.5) is 15.8 Å². The van der Waals surface area contributed by atoms with Crippen LogP contribution in [0.3, 0.4) is 0 Å². The molecule has 2 amide bonds. The fourth-order valence-corrected chi connectivity index (χ4v) is 6.38. The molecule has 3 aromatic rings. The number of aliphatic hydroxyl groups excluding tert-OH is 1. The van der Waals surface area contributed by atoms with Crippen molar-refractivity contribution in [1.82, 2.24) is 0 Å².